The van der Waals surface area contributed by atoms with E-state index in [0.29, 0.717) is 12.3 Å². The van der Waals surface area contributed by atoms with Crippen LogP contribution in [-0.2, 0) is 11.2 Å². The summed E-state index contributed by atoms with van der Waals surface area (Å²) >= 11 is 0. The van der Waals surface area contributed by atoms with Crippen molar-refractivity contribution < 1.29 is 19.1 Å². The van der Waals surface area contributed by atoms with Gasteiger partial charge in [0.05, 0.1) is 12.6 Å². The van der Waals surface area contributed by atoms with Crippen molar-refractivity contribution in [3.05, 3.63) is 29.3 Å². The predicted octanol–water partition coefficient (Wildman–Crippen LogP) is 4.38. The van der Waals surface area contributed by atoms with Crippen molar-refractivity contribution in [2.45, 2.75) is 58.6 Å². The number of hydrogen-bond donors (Lipinski definition) is 0. The van der Waals surface area contributed by atoms with E-state index in [4.69, 9.17) is 15.9 Å². The molecule has 0 aromatic heterocycles. The summed E-state index contributed by atoms with van der Waals surface area (Å²) < 4.78 is 11.0. The number of terminal acetylenes is 1. The first kappa shape index (κ1) is 21.6. The van der Waals surface area contributed by atoms with Crippen LogP contribution in [0.3, 0.4) is 0 Å². The molecule has 28 heavy (non-hydrogen) atoms. The Morgan fingerprint density at radius 3 is 2.61 bits per heavy atom. The largest absolute Gasteiger partial charge is 0.444 e. The molecule has 2 amide bonds. The summed E-state index contributed by atoms with van der Waals surface area (Å²) in [6, 6.07) is 5.38. The summed E-state index contributed by atoms with van der Waals surface area (Å²) in [6.07, 6.45) is 7.31. The molecule has 1 unspecified atom stereocenters. The van der Waals surface area contributed by atoms with Crippen LogP contribution >= 0.6 is 0 Å². The highest BCUT2D eigenvalue weighted by atomic mass is 16.6. The van der Waals surface area contributed by atoms with Gasteiger partial charge >= 0.3 is 12.2 Å². The number of carbonyl (C=O) groups excluding carboxylic acids is 2. The Hall–Kier alpha value is -2.68. The van der Waals surface area contributed by atoms with E-state index in [9.17, 15) is 9.59 Å². The summed E-state index contributed by atoms with van der Waals surface area (Å²) in [5.41, 5.74) is 1.48. The maximum Gasteiger partial charge on any atom is 0.414 e. The lowest BCUT2D eigenvalue weighted by molar-refractivity contribution is 0.0173. The SMILES string of the molecule is C#CCN(C(=O)OC(C)(C)C)C1CCCc2ccc(OC(=O)N(C)CC)cc21. The van der Waals surface area contributed by atoms with Crippen LogP contribution in [0.2, 0.25) is 0 Å². The van der Waals surface area contributed by atoms with Crippen molar-refractivity contribution in [3.8, 4) is 18.1 Å². The molecule has 0 fully saturated rings. The maximum atomic E-state index is 12.8. The van der Waals surface area contributed by atoms with Gasteiger partial charge in [-0.25, -0.2) is 9.59 Å². The van der Waals surface area contributed by atoms with Gasteiger partial charge in [0.2, 0.25) is 0 Å². The highest BCUT2D eigenvalue weighted by Crippen LogP contribution is 2.37. The Morgan fingerprint density at radius 2 is 2.00 bits per heavy atom. The molecule has 152 valence electrons. The van der Waals surface area contributed by atoms with E-state index in [2.05, 4.69) is 5.92 Å². The Kier molecular flexibility index (Phi) is 6.95. The average Bonchev–Trinajstić information content (AvgIpc) is 2.63. The Balaban J connectivity index is 2.32. The van der Waals surface area contributed by atoms with Gasteiger partial charge in [-0.2, -0.15) is 0 Å². The van der Waals surface area contributed by atoms with Crippen LogP contribution in [0.25, 0.3) is 0 Å². The van der Waals surface area contributed by atoms with Crippen molar-refractivity contribution in [1.82, 2.24) is 9.80 Å². The van der Waals surface area contributed by atoms with Gasteiger partial charge in [0.15, 0.2) is 0 Å². The minimum atomic E-state index is -0.608. The van der Waals surface area contributed by atoms with E-state index >= 15 is 0 Å². The molecule has 0 saturated carbocycles. The van der Waals surface area contributed by atoms with Crippen molar-refractivity contribution >= 4 is 12.2 Å². The normalized spacial score (nSPS) is 15.8. The van der Waals surface area contributed by atoms with Gasteiger partial charge in [-0.05, 0) is 70.2 Å². The summed E-state index contributed by atoms with van der Waals surface area (Å²) in [5.74, 6) is 3.02. The minimum Gasteiger partial charge on any atom is -0.444 e. The molecule has 1 aliphatic rings. The molecule has 0 spiro atoms. The van der Waals surface area contributed by atoms with Crippen molar-refractivity contribution in [2.24, 2.45) is 0 Å². The lowest BCUT2D eigenvalue weighted by atomic mass is 9.86. The Bertz CT molecular complexity index is 761. The fourth-order valence-corrected chi connectivity index (χ4v) is 3.17. The van der Waals surface area contributed by atoms with E-state index in [1.54, 1.807) is 18.0 Å². The molecule has 0 N–H and O–H groups in total. The average molecular weight is 386 g/mol. The third kappa shape index (κ3) is 5.41. The molecule has 1 aliphatic carbocycles. The molecule has 0 heterocycles. The van der Waals surface area contributed by atoms with Crippen LogP contribution < -0.4 is 4.74 Å². The van der Waals surface area contributed by atoms with E-state index in [1.807, 2.05) is 39.8 Å². The molecule has 1 aromatic rings. The van der Waals surface area contributed by atoms with Crippen LogP contribution in [0.5, 0.6) is 5.75 Å². The fourth-order valence-electron chi connectivity index (χ4n) is 3.17. The highest BCUT2D eigenvalue weighted by Gasteiger charge is 2.32. The molecule has 6 heteroatoms. The van der Waals surface area contributed by atoms with E-state index in [-0.39, 0.29) is 12.6 Å². The molecular formula is C22H30N2O4. The zero-order valence-corrected chi connectivity index (χ0v) is 17.4. The summed E-state index contributed by atoms with van der Waals surface area (Å²) in [7, 11) is 1.68. The molecule has 0 aliphatic heterocycles. The van der Waals surface area contributed by atoms with Gasteiger partial charge in [-0.15, -0.1) is 6.42 Å². The molecule has 0 bridgehead atoms. The number of amides is 2. The van der Waals surface area contributed by atoms with Gasteiger partial charge in [0.25, 0.3) is 0 Å². The quantitative estimate of drug-likeness (QED) is 0.721. The summed E-state index contributed by atoms with van der Waals surface area (Å²) in [5, 5.41) is 0. The monoisotopic (exact) mass is 386 g/mol. The number of benzene rings is 1. The molecule has 0 saturated heterocycles. The first-order chi connectivity index (χ1) is 13.2. The number of carbonyl (C=O) groups is 2. The zero-order valence-electron chi connectivity index (χ0n) is 17.4. The number of ether oxygens (including phenoxy) is 2. The van der Waals surface area contributed by atoms with E-state index in [1.165, 1.54) is 4.90 Å². The second-order valence-corrected chi connectivity index (χ2v) is 7.96. The standard InChI is InChI=1S/C22H30N2O4/c1-7-14-24(21(26)28-22(3,4)5)19-11-9-10-16-12-13-17(15-18(16)19)27-20(25)23(6)8-2/h1,12-13,15,19H,8-11,14H2,2-6H3. The first-order valence-electron chi connectivity index (χ1n) is 9.65. The van der Waals surface area contributed by atoms with Crippen LogP contribution in [0.1, 0.15) is 57.7 Å². The fraction of sp³-hybridized carbons (Fsp3) is 0.545. The minimum absolute atomic E-state index is 0.154. The van der Waals surface area contributed by atoms with Gasteiger partial charge in [0, 0.05) is 13.6 Å². The second kappa shape index (κ2) is 9.01. The van der Waals surface area contributed by atoms with Crippen LogP contribution in [-0.4, -0.2) is 47.7 Å². The van der Waals surface area contributed by atoms with Crippen molar-refractivity contribution in [3.63, 3.8) is 0 Å². The van der Waals surface area contributed by atoms with Crippen molar-refractivity contribution in [2.75, 3.05) is 20.1 Å². The smallest absolute Gasteiger partial charge is 0.414 e. The van der Waals surface area contributed by atoms with Gasteiger partial charge < -0.3 is 14.4 Å². The number of aryl methyl sites for hydroxylation is 1. The second-order valence-electron chi connectivity index (χ2n) is 7.96. The maximum absolute atomic E-state index is 12.8. The molecule has 1 atom stereocenters. The Labute approximate surface area is 167 Å². The van der Waals surface area contributed by atoms with Gasteiger partial charge in [-0.1, -0.05) is 12.0 Å². The topological polar surface area (TPSA) is 59.1 Å². The third-order valence-corrected chi connectivity index (χ3v) is 4.66. The molecule has 6 nitrogen and oxygen atoms in total. The number of rotatable bonds is 4. The van der Waals surface area contributed by atoms with Crippen LogP contribution in [0.15, 0.2) is 18.2 Å². The van der Waals surface area contributed by atoms with Gasteiger partial charge in [0.1, 0.15) is 11.4 Å². The molecule has 1 aromatic carbocycles. The summed E-state index contributed by atoms with van der Waals surface area (Å²) in [4.78, 5) is 27.9. The Morgan fingerprint density at radius 1 is 1.29 bits per heavy atom. The third-order valence-electron chi connectivity index (χ3n) is 4.66. The number of fused-ring (bicyclic) bond motifs is 1. The van der Waals surface area contributed by atoms with Gasteiger partial charge in [-0.3, -0.25) is 4.90 Å². The zero-order chi connectivity index (χ0) is 20.9. The number of nitrogens with zero attached hydrogens (tertiary/aromatic N) is 2. The highest BCUT2D eigenvalue weighted by molar-refractivity contribution is 5.71. The first-order valence-corrected chi connectivity index (χ1v) is 9.65. The van der Waals surface area contributed by atoms with Crippen LogP contribution in [0.4, 0.5) is 9.59 Å². The predicted molar refractivity (Wildman–Crippen MR) is 108 cm³/mol. The number of hydrogen-bond acceptors (Lipinski definition) is 4. The molecule has 2 rings (SSSR count). The molecular weight excluding hydrogens is 356 g/mol. The molecule has 0 radical (unpaired) electrons. The summed E-state index contributed by atoms with van der Waals surface area (Å²) in [6.45, 7) is 8.08. The van der Waals surface area contributed by atoms with E-state index < -0.39 is 17.8 Å². The van der Waals surface area contributed by atoms with Crippen LogP contribution in [0, 0.1) is 12.3 Å². The lowest BCUT2D eigenvalue weighted by Gasteiger charge is -2.36. The lowest BCUT2D eigenvalue weighted by Crippen LogP contribution is -2.40. The van der Waals surface area contributed by atoms with Crippen molar-refractivity contribution in [1.29, 1.82) is 0 Å². The van der Waals surface area contributed by atoms with E-state index in [0.717, 1.165) is 30.4 Å².